The van der Waals surface area contributed by atoms with Gasteiger partial charge in [-0.05, 0) is 42.8 Å². The first-order valence-electron chi connectivity index (χ1n) is 7.20. The third-order valence-electron chi connectivity index (χ3n) is 3.55. The molecule has 22 heavy (non-hydrogen) atoms. The molecule has 3 aromatic rings. The van der Waals surface area contributed by atoms with Crippen LogP contribution in [0.3, 0.4) is 0 Å². The van der Waals surface area contributed by atoms with Gasteiger partial charge >= 0.3 is 0 Å². The van der Waals surface area contributed by atoms with Gasteiger partial charge in [-0.2, -0.15) is 0 Å². The highest BCUT2D eigenvalue weighted by Gasteiger charge is 2.09. The Morgan fingerprint density at radius 1 is 1.09 bits per heavy atom. The maximum atomic E-state index is 11.6. The van der Waals surface area contributed by atoms with E-state index in [-0.39, 0.29) is 5.78 Å². The predicted octanol–water partition coefficient (Wildman–Crippen LogP) is 4.32. The third-order valence-corrected chi connectivity index (χ3v) is 3.55. The Morgan fingerprint density at radius 3 is 2.59 bits per heavy atom. The molecule has 0 amide bonds. The molecule has 0 N–H and O–H groups in total. The first kappa shape index (κ1) is 14.2. The van der Waals surface area contributed by atoms with Crippen molar-refractivity contribution < 1.29 is 9.53 Å². The number of hydrogen-bond donors (Lipinski definition) is 0. The summed E-state index contributed by atoms with van der Waals surface area (Å²) in [6, 6.07) is 13.0. The maximum Gasteiger partial charge on any atom is 0.230 e. The number of ether oxygens (including phenoxy) is 1. The summed E-state index contributed by atoms with van der Waals surface area (Å²) >= 11 is 0. The lowest BCUT2D eigenvalue weighted by atomic mass is 10.1. The second-order valence-corrected chi connectivity index (χ2v) is 5.05. The fourth-order valence-corrected chi connectivity index (χ4v) is 2.35. The van der Waals surface area contributed by atoms with Gasteiger partial charge in [0.05, 0.1) is 10.9 Å². The van der Waals surface area contributed by atoms with E-state index in [1.807, 2.05) is 32.0 Å². The van der Waals surface area contributed by atoms with Gasteiger partial charge < -0.3 is 4.74 Å². The van der Waals surface area contributed by atoms with Crippen LogP contribution in [0.15, 0.2) is 48.8 Å². The first-order valence-corrected chi connectivity index (χ1v) is 7.20. The Kier molecular flexibility index (Phi) is 3.83. The SMILES string of the molecule is CCC(=O)c1ccc(Oc2ncnc3cccc(C)c23)cc1. The average molecular weight is 292 g/mol. The Labute approximate surface area is 128 Å². The zero-order valence-electron chi connectivity index (χ0n) is 12.5. The van der Waals surface area contributed by atoms with Crippen LogP contribution in [-0.4, -0.2) is 15.8 Å². The molecule has 1 heterocycles. The number of hydrogen-bond acceptors (Lipinski definition) is 4. The van der Waals surface area contributed by atoms with Crippen LogP contribution < -0.4 is 4.74 Å². The monoisotopic (exact) mass is 292 g/mol. The van der Waals surface area contributed by atoms with Gasteiger partial charge in [-0.25, -0.2) is 9.97 Å². The molecule has 4 heteroatoms. The number of carbonyl (C=O) groups excluding carboxylic acids is 1. The van der Waals surface area contributed by atoms with Crippen molar-refractivity contribution in [1.82, 2.24) is 9.97 Å². The Bertz CT molecular complexity index is 821. The minimum atomic E-state index is 0.120. The molecule has 0 aliphatic heterocycles. The minimum absolute atomic E-state index is 0.120. The van der Waals surface area contributed by atoms with Gasteiger partial charge in [0.1, 0.15) is 12.1 Å². The summed E-state index contributed by atoms with van der Waals surface area (Å²) in [5.74, 6) is 1.29. The van der Waals surface area contributed by atoms with Crippen LogP contribution in [0.25, 0.3) is 10.9 Å². The summed E-state index contributed by atoms with van der Waals surface area (Å²) < 4.78 is 5.88. The van der Waals surface area contributed by atoms with Crippen LogP contribution in [0.2, 0.25) is 0 Å². The average Bonchev–Trinajstić information content (AvgIpc) is 2.55. The normalized spacial score (nSPS) is 10.6. The molecule has 0 radical (unpaired) electrons. The van der Waals surface area contributed by atoms with E-state index in [1.54, 1.807) is 24.3 Å². The summed E-state index contributed by atoms with van der Waals surface area (Å²) in [5, 5.41) is 0.902. The number of Topliss-reactive ketones (excluding diaryl/α,β-unsaturated/α-hetero) is 1. The predicted molar refractivity (Wildman–Crippen MR) is 85.4 cm³/mol. The largest absolute Gasteiger partial charge is 0.438 e. The van der Waals surface area contributed by atoms with E-state index >= 15 is 0 Å². The van der Waals surface area contributed by atoms with E-state index < -0.39 is 0 Å². The Hall–Kier alpha value is -2.75. The van der Waals surface area contributed by atoms with Gasteiger partial charge in [-0.15, -0.1) is 0 Å². The lowest BCUT2D eigenvalue weighted by molar-refractivity contribution is 0.0988. The molecule has 0 fully saturated rings. The van der Waals surface area contributed by atoms with E-state index in [4.69, 9.17) is 4.74 Å². The molecule has 0 unspecified atom stereocenters. The smallest absolute Gasteiger partial charge is 0.230 e. The van der Waals surface area contributed by atoms with Crippen LogP contribution in [0.1, 0.15) is 29.3 Å². The number of fused-ring (bicyclic) bond motifs is 1. The first-order chi connectivity index (χ1) is 10.7. The molecule has 1 aromatic heterocycles. The van der Waals surface area contributed by atoms with E-state index in [2.05, 4.69) is 9.97 Å². The van der Waals surface area contributed by atoms with E-state index in [0.717, 1.165) is 16.5 Å². The molecule has 110 valence electrons. The van der Waals surface area contributed by atoms with Crippen molar-refractivity contribution in [2.45, 2.75) is 20.3 Å². The summed E-state index contributed by atoms with van der Waals surface area (Å²) in [6.07, 6.45) is 1.99. The number of carbonyl (C=O) groups is 1. The van der Waals surface area contributed by atoms with Crippen molar-refractivity contribution in [2.24, 2.45) is 0 Å². The third kappa shape index (κ3) is 2.68. The van der Waals surface area contributed by atoms with Crippen molar-refractivity contribution in [1.29, 1.82) is 0 Å². The van der Waals surface area contributed by atoms with Crippen molar-refractivity contribution >= 4 is 16.7 Å². The molecule has 0 saturated heterocycles. The van der Waals surface area contributed by atoms with Gasteiger partial charge in [-0.3, -0.25) is 4.79 Å². The lowest BCUT2D eigenvalue weighted by Crippen LogP contribution is -1.97. The molecule has 3 rings (SSSR count). The highest BCUT2D eigenvalue weighted by atomic mass is 16.5. The number of rotatable bonds is 4. The number of nitrogens with zero attached hydrogens (tertiary/aromatic N) is 2. The molecule has 0 bridgehead atoms. The van der Waals surface area contributed by atoms with E-state index in [1.165, 1.54) is 6.33 Å². The molecule has 2 aromatic carbocycles. The fourth-order valence-electron chi connectivity index (χ4n) is 2.35. The molecule has 0 aliphatic carbocycles. The zero-order valence-corrected chi connectivity index (χ0v) is 12.5. The molecule has 4 nitrogen and oxygen atoms in total. The lowest BCUT2D eigenvalue weighted by Gasteiger charge is -2.09. The molecule has 0 saturated carbocycles. The quantitative estimate of drug-likeness (QED) is 0.672. The van der Waals surface area contributed by atoms with Crippen molar-refractivity contribution in [2.75, 3.05) is 0 Å². The van der Waals surface area contributed by atoms with E-state index in [0.29, 0.717) is 23.6 Å². The molecular formula is C18H16N2O2. The summed E-state index contributed by atoms with van der Waals surface area (Å²) in [4.78, 5) is 20.1. The van der Waals surface area contributed by atoms with Gasteiger partial charge in [0.25, 0.3) is 0 Å². The standard InChI is InChI=1S/C18H16N2O2/c1-3-16(21)13-7-9-14(10-8-13)22-18-17-12(2)5-4-6-15(17)19-11-20-18/h4-11H,3H2,1-2H3. The number of benzene rings is 2. The highest BCUT2D eigenvalue weighted by molar-refractivity contribution is 5.95. The Morgan fingerprint density at radius 2 is 1.86 bits per heavy atom. The van der Waals surface area contributed by atoms with E-state index in [9.17, 15) is 4.79 Å². The van der Waals surface area contributed by atoms with Gasteiger partial charge in [0, 0.05) is 12.0 Å². The zero-order chi connectivity index (χ0) is 15.5. The maximum absolute atomic E-state index is 11.6. The summed E-state index contributed by atoms with van der Waals surface area (Å²) in [7, 11) is 0. The van der Waals surface area contributed by atoms with Crippen LogP contribution >= 0.6 is 0 Å². The van der Waals surface area contributed by atoms with Gasteiger partial charge in [0.2, 0.25) is 5.88 Å². The van der Waals surface area contributed by atoms with Crippen molar-refractivity contribution in [3.8, 4) is 11.6 Å². The summed E-state index contributed by atoms with van der Waals surface area (Å²) in [5.41, 5.74) is 2.60. The van der Waals surface area contributed by atoms with Crippen LogP contribution in [-0.2, 0) is 0 Å². The van der Waals surface area contributed by atoms with Gasteiger partial charge in [0.15, 0.2) is 5.78 Å². The second kappa shape index (κ2) is 5.93. The molecular weight excluding hydrogens is 276 g/mol. The number of ketones is 1. The van der Waals surface area contributed by atoms with Crippen LogP contribution in [0.5, 0.6) is 11.6 Å². The van der Waals surface area contributed by atoms with Crippen LogP contribution in [0.4, 0.5) is 0 Å². The van der Waals surface area contributed by atoms with Gasteiger partial charge in [-0.1, -0.05) is 19.1 Å². The fraction of sp³-hybridized carbons (Fsp3) is 0.167. The van der Waals surface area contributed by atoms with Crippen molar-refractivity contribution in [3.63, 3.8) is 0 Å². The molecule has 0 spiro atoms. The molecule has 0 atom stereocenters. The second-order valence-electron chi connectivity index (χ2n) is 5.05. The van der Waals surface area contributed by atoms with Crippen molar-refractivity contribution in [3.05, 3.63) is 59.9 Å². The van der Waals surface area contributed by atoms with Crippen LogP contribution in [0, 0.1) is 6.92 Å². The number of aryl methyl sites for hydroxylation is 1. The molecule has 0 aliphatic rings. The summed E-state index contributed by atoms with van der Waals surface area (Å²) in [6.45, 7) is 3.85. The highest BCUT2D eigenvalue weighted by Crippen LogP contribution is 2.29. The topological polar surface area (TPSA) is 52.1 Å². The number of aromatic nitrogens is 2. The minimum Gasteiger partial charge on any atom is -0.438 e. The Balaban J connectivity index is 1.95.